The second kappa shape index (κ2) is 13.0. The lowest BCUT2D eigenvalue weighted by Gasteiger charge is -2.71. The second-order valence-corrected chi connectivity index (χ2v) is 18.0. The molecule has 7 nitrogen and oxygen atoms in total. The SMILES string of the molecule is CCC.Cc1sc(NC(=O)[C@]23CCCC2C2CCC4C5(C)CC=C(c6ccc(C(=O)O)cc6)C(C)C5CCC4(C)[C@]2(C)CC3)nc1C(=O)O. The normalized spacial score (nSPS) is 37.6. The van der Waals surface area contributed by atoms with E-state index in [1.165, 1.54) is 49.0 Å². The number of thiazole rings is 1. The Morgan fingerprint density at radius 1 is 0.878 bits per heavy atom. The highest BCUT2D eigenvalue weighted by Crippen LogP contribution is 2.76. The molecule has 1 amide bonds. The number of nitrogens with zero attached hydrogens (tertiary/aromatic N) is 1. The summed E-state index contributed by atoms with van der Waals surface area (Å²) in [6, 6.07) is 7.44. The van der Waals surface area contributed by atoms with E-state index < -0.39 is 17.4 Å². The van der Waals surface area contributed by atoms with E-state index >= 15 is 0 Å². The molecule has 0 bridgehead atoms. The second-order valence-electron chi connectivity index (χ2n) is 16.8. The van der Waals surface area contributed by atoms with Gasteiger partial charge in [-0.1, -0.05) is 72.6 Å². The Hall–Kier alpha value is -3.00. The number of hydrogen-bond donors (Lipinski definition) is 3. The number of carbonyl (C=O) groups excluding carboxylic acids is 1. The molecule has 5 aliphatic rings. The summed E-state index contributed by atoms with van der Waals surface area (Å²) in [5.41, 5.74) is 3.05. The van der Waals surface area contributed by atoms with E-state index in [1.54, 1.807) is 19.1 Å². The molecule has 8 heteroatoms. The van der Waals surface area contributed by atoms with E-state index in [1.807, 2.05) is 12.1 Å². The first-order chi connectivity index (χ1) is 23.2. The molecule has 266 valence electrons. The maximum Gasteiger partial charge on any atom is 0.355 e. The van der Waals surface area contributed by atoms with Gasteiger partial charge in [0.25, 0.3) is 0 Å². The van der Waals surface area contributed by atoms with Crippen LogP contribution in [0.25, 0.3) is 5.57 Å². The lowest BCUT2D eigenvalue weighted by atomic mass is 9.33. The number of benzene rings is 1. The number of anilines is 1. The molecule has 4 saturated carbocycles. The molecule has 3 N–H and O–H groups in total. The molecule has 4 fully saturated rings. The molecular weight excluding hydrogens is 633 g/mol. The van der Waals surface area contributed by atoms with Gasteiger partial charge < -0.3 is 15.5 Å². The van der Waals surface area contributed by atoms with Gasteiger partial charge in [-0.2, -0.15) is 0 Å². The van der Waals surface area contributed by atoms with Gasteiger partial charge >= 0.3 is 11.9 Å². The number of fused-ring (bicyclic) bond motifs is 7. The number of aromatic nitrogens is 1. The van der Waals surface area contributed by atoms with E-state index in [-0.39, 0.29) is 27.8 Å². The fourth-order valence-electron chi connectivity index (χ4n) is 12.3. The first kappa shape index (κ1) is 35.8. The minimum absolute atomic E-state index is 0.0300. The number of carboxylic acid groups (broad SMARTS) is 2. The van der Waals surface area contributed by atoms with Crippen molar-refractivity contribution >= 4 is 39.9 Å². The van der Waals surface area contributed by atoms with Gasteiger partial charge in [0.1, 0.15) is 0 Å². The predicted molar refractivity (Wildman–Crippen MR) is 196 cm³/mol. The van der Waals surface area contributed by atoms with Crippen LogP contribution in [0.2, 0.25) is 0 Å². The molecule has 7 rings (SSSR count). The first-order valence-corrected chi connectivity index (χ1v) is 19.5. The number of allylic oxidation sites excluding steroid dienone is 2. The van der Waals surface area contributed by atoms with E-state index in [9.17, 15) is 24.6 Å². The molecule has 1 aromatic heterocycles. The Kier molecular flexibility index (Phi) is 9.47. The number of aryl methyl sites for hydroxylation is 1. The highest BCUT2D eigenvalue weighted by atomic mass is 32.1. The van der Waals surface area contributed by atoms with Crippen LogP contribution in [0.5, 0.6) is 0 Å². The third-order valence-electron chi connectivity index (χ3n) is 14.7. The summed E-state index contributed by atoms with van der Waals surface area (Å²) in [5.74, 6) is 0.582. The molecule has 7 unspecified atom stereocenters. The van der Waals surface area contributed by atoms with Gasteiger partial charge in [-0.25, -0.2) is 14.6 Å². The molecule has 0 saturated heterocycles. The standard InChI is InChI=1S/C38H48N2O5S.C3H8/c1-21-25(23-8-10-24(11-9-23)31(41)42)14-17-35(3)26(21)15-18-37(5)29(35)13-12-27-28-7-6-16-38(28,20-19-36(27,37)4)33(45)40-34-39-30(32(43)44)22(2)46-34;1-3-2/h8-11,14,21,26-29H,6-7,12-13,15-20H2,1-5H3,(H,41,42)(H,43,44)(H,39,40,45);3H2,1-2H3/t21?,26?,27?,28?,29?,35?,36-,37?,38+;/m1./s1. The van der Waals surface area contributed by atoms with Gasteiger partial charge in [0, 0.05) is 4.88 Å². The minimum atomic E-state index is -1.05. The maximum absolute atomic E-state index is 14.1. The Bertz CT molecular complexity index is 1650. The predicted octanol–water partition coefficient (Wildman–Crippen LogP) is 10.4. The summed E-state index contributed by atoms with van der Waals surface area (Å²) in [4.78, 5) is 42.1. The van der Waals surface area contributed by atoms with Crippen LogP contribution in [0.3, 0.4) is 0 Å². The van der Waals surface area contributed by atoms with Crippen molar-refractivity contribution in [1.29, 1.82) is 0 Å². The Labute approximate surface area is 296 Å². The van der Waals surface area contributed by atoms with Crippen LogP contribution < -0.4 is 5.32 Å². The monoisotopic (exact) mass is 688 g/mol. The number of hydrogen-bond acceptors (Lipinski definition) is 5. The van der Waals surface area contributed by atoms with Crippen LogP contribution in [0, 0.1) is 58.2 Å². The van der Waals surface area contributed by atoms with Crippen LogP contribution in [-0.4, -0.2) is 33.0 Å². The zero-order chi connectivity index (χ0) is 35.5. The average molecular weight is 689 g/mol. The molecule has 2 aromatic rings. The van der Waals surface area contributed by atoms with Crippen molar-refractivity contribution < 1.29 is 24.6 Å². The summed E-state index contributed by atoms with van der Waals surface area (Å²) in [7, 11) is 0. The van der Waals surface area contributed by atoms with Crippen molar-refractivity contribution in [1.82, 2.24) is 4.98 Å². The summed E-state index contributed by atoms with van der Waals surface area (Å²) in [6.45, 7) is 16.1. The van der Waals surface area contributed by atoms with Gasteiger partial charge in [-0.15, -0.1) is 11.3 Å². The number of carboxylic acids is 2. The third kappa shape index (κ3) is 5.50. The molecule has 0 aliphatic heterocycles. The molecule has 1 aromatic carbocycles. The van der Waals surface area contributed by atoms with Crippen molar-refractivity contribution in [2.24, 2.45) is 51.2 Å². The van der Waals surface area contributed by atoms with Crippen molar-refractivity contribution in [3.63, 3.8) is 0 Å². The molecule has 9 atom stereocenters. The number of rotatable bonds is 5. The minimum Gasteiger partial charge on any atom is -0.478 e. The fraction of sp³-hybridized carbons (Fsp3) is 0.659. The summed E-state index contributed by atoms with van der Waals surface area (Å²) in [6.07, 6.45) is 14.6. The number of nitrogens with one attached hydrogen (secondary N) is 1. The van der Waals surface area contributed by atoms with Crippen LogP contribution in [0.1, 0.15) is 143 Å². The van der Waals surface area contributed by atoms with Gasteiger partial charge in [0.15, 0.2) is 10.8 Å². The third-order valence-corrected chi connectivity index (χ3v) is 15.6. The molecule has 0 spiro atoms. The number of amides is 1. The average Bonchev–Trinajstić information content (AvgIpc) is 3.66. The Balaban J connectivity index is 0.00000134. The van der Waals surface area contributed by atoms with E-state index in [4.69, 9.17) is 0 Å². The smallest absolute Gasteiger partial charge is 0.355 e. The van der Waals surface area contributed by atoms with E-state index in [0.29, 0.717) is 45.2 Å². The molecule has 5 aliphatic carbocycles. The van der Waals surface area contributed by atoms with Crippen molar-refractivity contribution in [3.8, 4) is 0 Å². The van der Waals surface area contributed by atoms with Crippen LogP contribution in [-0.2, 0) is 4.79 Å². The lowest BCUT2D eigenvalue weighted by molar-refractivity contribution is -0.216. The van der Waals surface area contributed by atoms with Crippen molar-refractivity contribution in [2.45, 2.75) is 119 Å². The van der Waals surface area contributed by atoms with Crippen LogP contribution in [0.15, 0.2) is 30.3 Å². The van der Waals surface area contributed by atoms with Gasteiger partial charge in [0.05, 0.1) is 11.0 Å². The zero-order valence-corrected chi connectivity index (χ0v) is 31.3. The Morgan fingerprint density at radius 3 is 2.20 bits per heavy atom. The zero-order valence-electron chi connectivity index (χ0n) is 30.5. The highest BCUT2D eigenvalue weighted by Gasteiger charge is 2.69. The summed E-state index contributed by atoms with van der Waals surface area (Å²) >= 11 is 1.26. The molecule has 49 heavy (non-hydrogen) atoms. The maximum atomic E-state index is 14.1. The number of carbonyl (C=O) groups is 3. The molecule has 1 heterocycles. The number of aromatic carboxylic acids is 2. The van der Waals surface area contributed by atoms with Gasteiger partial charge in [0.2, 0.25) is 5.91 Å². The van der Waals surface area contributed by atoms with Gasteiger partial charge in [-0.3, -0.25) is 4.79 Å². The first-order valence-electron chi connectivity index (χ1n) is 18.7. The largest absolute Gasteiger partial charge is 0.478 e. The summed E-state index contributed by atoms with van der Waals surface area (Å²) < 4.78 is 0. The van der Waals surface area contributed by atoms with Crippen molar-refractivity contribution in [3.05, 3.63) is 52.0 Å². The highest BCUT2D eigenvalue weighted by molar-refractivity contribution is 7.16. The van der Waals surface area contributed by atoms with Crippen LogP contribution in [0.4, 0.5) is 5.13 Å². The molecular formula is C41H56N2O5S. The topological polar surface area (TPSA) is 117 Å². The quantitative estimate of drug-likeness (QED) is 0.288. The van der Waals surface area contributed by atoms with E-state index in [2.05, 4.69) is 57.9 Å². The van der Waals surface area contributed by atoms with Gasteiger partial charge in [-0.05, 0) is 134 Å². The van der Waals surface area contributed by atoms with E-state index in [0.717, 1.165) is 44.1 Å². The lowest BCUT2D eigenvalue weighted by Crippen LogP contribution is -2.65. The molecule has 0 radical (unpaired) electrons. The van der Waals surface area contributed by atoms with Crippen molar-refractivity contribution in [2.75, 3.05) is 5.32 Å². The summed E-state index contributed by atoms with van der Waals surface area (Å²) in [5, 5.41) is 22.4. The Morgan fingerprint density at radius 2 is 1.57 bits per heavy atom. The fourth-order valence-corrected chi connectivity index (χ4v) is 13.1. The van der Waals surface area contributed by atoms with Crippen LogP contribution >= 0.6 is 11.3 Å².